The third-order valence-electron chi connectivity index (χ3n) is 0.895. The van der Waals surface area contributed by atoms with E-state index in [0.29, 0.717) is 5.76 Å². The Hall–Kier alpha value is -0.500. The molecule has 2 N–H and O–H groups in total. The van der Waals surface area contributed by atoms with Crippen LogP contribution >= 0.6 is 0 Å². The number of hydrogen-bond acceptors (Lipinski definition) is 2. The summed E-state index contributed by atoms with van der Waals surface area (Å²) in [6.07, 6.45) is 0.184. The van der Waals surface area contributed by atoms with Gasteiger partial charge >= 0.3 is 0 Å². The standard InChI is InChI=1S/C7H15NO/c1-5(2)9-7(4)6(3)8/h5-6H,4,8H2,1-3H3/t6-/m0/s1. The Labute approximate surface area is 56.7 Å². The van der Waals surface area contributed by atoms with Crippen molar-refractivity contribution in [1.82, 2.24) is 0 Å². The van der Waals surface area contributed by atoms with E-state index in [9.17, 15) is 0 Å². The van der Waals surface area contributed by atoms with Gasteiger partial charge in [-0.05, 0) is 20.8 Å². The van der Waals surface area contributed by atoms with E-state index in [-0.39, 0.29) is 12.1 Å². The monoisotopic (exact) mass is 129 g/mol. The first kappa shape index (κ1) is 8.50. The average molecular weight is 129 g/mol. The highest BCUT2D eigenvalue weighted by Crippen LogP contribution is 2.01. The van der Waals surface area contributed by atoms with E-state index >= 15 is 0 Å². The minimum atomic E-state index is -0.0626. The van der Waals surface area contributed by atoms with Gasteiger partial charge in [0.2, 0.25) is 0 Å². The number of rotatable bonds is 3. The quantitative estimate of drug-likeness (QED) is 0.582. The maximum atomic E-state index is 5.46. The van der Waals surface area contributed by atoms with Gasteiger partial charge < -0.3 is 10.5 Å². The second-order valence-electron chi connectivity index (χ2n) is 2.42. The van der Waals surface area contributed by atoms with Crippen molar-refractivity contribution in [2.45, 2.75) is 32.9 Å². The average Bonchev–Trinajstić information content (AvgIpc) is 1.63. The Bertz CT molecular complexity index is 97.1. The molecule has 0 aliphatic rings. The van der Waals surface area contributed by atoms with Crippen LogP contribution in [0, 0.1) is 0 Å². The van der Waals surface area contributed by atoms with Crippen LogP contribution in [0.5, 0.6) is 0 Å². The summed E-state index contributed by atoms with van der Waals surface area (Å²) >= 11 is 0. The minimum Gasteiger partial charge on any atom is -0.494 e. The van der Waals surface area contributed by atoms with Crippen molar-refractivity contribution in [3.05, 3.63) is 12.3 Å². The van der Waals surface area contributed by atoms with Crippen LogP contribution < -0.4 is 5.73 Å². The molecule has 54 valence electrons. The lowest BCUT2D eigenvalue weighted by Crippen LogP contribution is -2.21. The summed E-state index contributed by atoms with van der Waals surface area (Å²) in [5.41, 5.74) is 5.46. The van der Waals surface area contributed by atoms with Gasteiger partial charge in [0.05, 0.1) is 12.1 Å². The lowest BCUT2D eigenvalue weighted by atomic mass is 10.3. The summed E-state index contributed by atoms with van der Waals surface area (Å²) in [4.78, 5) is 0. The lowest BCUT2D eigenvalue weighted by Gasteiger charge is -2.14. The predicted molar refractivity (Wildman–Crippen MR) is 39.0 cm³/mol. The van der Waals surface area contributed by atoms with Crippen LogP contribution in [0.1, 0.15) is 20.8 Å². The first-order valence-electron chi connectivity index (χ1n) is 3.15. The van der Waals surface area contributed by atoms with Crippen LogP contribution in [0.25, 0.3) is 0 Å². The molecule has 9 heavy (non-hydrogen) atoms. The van der Waals surface area contributed by atoms with E-state index in [1.807, 2.05) is 20.8 Å². The topological polar surface area (TPSA) is 35.2 Å². The molecule has 0 amide bonds. The van der Waals surface area contributed by atoms with Crippen molar-refractivity contribution < 1.29 is 4.74 Å². The van der Waals surface area contributed by atoms with Gasteiger partial charge in [0, 0.05) is 0 Å². The van der Waals surface area contributed by atoms with Crippen molar-refractivity contribution in [3.8, 4) is 0 Å². The van der Waals surface area contributed by atoms with E-state index in [1.54, 1.807) is 0 Å². The molecule has 0 aromatic rings. The van der Waals surface area contributed by atoms with Gasteiger partial charge in [0.15, 0.2) is 0 Å². The third-order valence-corrected chi connectivity index (χ3v) is 0.895. The van der Waals surface area contributed by atoms with Crippen LogP contribution in [0.15, 0.2) is 12.3 Å². The number of nitrogens with two attached hydrogens (primary N) is 1. The van der Waals surface area contributed by atoms with Crippen molar-refractivity contribution in [2.24, 2.45) is 5.73 Å². The molecule has 0 aromatic carbocycles. The molecule has 0 radical (unpaired) electrons. The van der Waals surface area contributed by atoms with Gasteiger partial charge in [-0.15, -0.1) is 0 Å². The highest BCUT2D eigenvalue weighted by Gasteiger charge is 2.01. The molecule has 0 fully saturated rings. The molecule has 2 heteroatoms. The molecule has 0 unspecified atom stereocenters. The summed E-state index contributed by atoms with van der Waals surface area (Å²) < 4.78 is 5.19. The van der Waals surface area contributed by atoms with Gasteiger partial charge in [-0.1, -0.05) is 6.58 Å². The molecule has 0 saturated heterocycles. The predicted octanol–water partition coefficient (Wildman–Crippen LogP) is 1.27. The molecule has 2 nitrogen and oxygen atoms in total. The van der Waals surface area contributed by atoms with E-state index in [1.165, 1.54) is 0 Å². The summed E-state index contributed by atoms with van der Waals surface area (Å²) in [6.45, 7) is 9.40. The van der Waals surface area contributed by atoms with E-state index in [0.717, 1.165) is 0 Å². The first-order chi connectivity index (χ1) is 4.04. The zero-order chi connectivity index (χ0) is 7.44. The zero-order valence-electron chi connectivity index (χ0n) is 6.35. The Morgan fingerprint density at radius 3 is 2.00 bits per heavy atom. The highest BCUT2D eigenvalue weighted by atomic mass is 16.5. The van der Waals surface area contributed by atoms with Gasteiger partial charge in [-0.2, -0.15) is 0 Å². The number of ether oxygens (including phenoxy) is 1. The lowest BCUT2D eigenvalue weighted by molar-refractivity contribution is 0.136. The molecule has 0 rings (SSSR count). The number of hydrogen-bond donors (Lipinski definition) is 1. The highest BCUT2D eigenvalue weighted by molar-refractivity contribution is 4.92. The third kappa shape index (κ3) is 4.03. The Morgan fingerprint density at radius 2 is 1.89 bits per heavy atom. The molecule has 0 aliphatic carbocycles. The second kappa shape index (κ2) is 3.51. The second-order valence-corrected chi connectivity index (χ2v) is 2.42. The summed E-state index contributed by atoms with van der Waals surface area (Å²) in [5, 5.41) is 0. The van der Waals surface area contributed by atoms with E-state index < -0.39 is 0 Å². The molecular weight excluding hydrogens is 114 g/mol. The SMILES string of the molecule is C=C(OC(C)C)[C@H](C)N. The Morgan fingerprint density at radius 1 is 1.44 bits per heavy atom. The fourth-order valence-electron chi connectivity index (χ4n) is 0.410. The Kier molecular flexibility index (Phi) is 3.32. The van der Waals surface area contributed by atoms with Gasteiger partial charge in [0.1, 0.15) is 5.76 Å². The smallest absolute Gasteiger partial charge is 0.106 e. The van der Waals surface area contributed by atoms with Gasteiger partial charge in [0.25, 0.3) is 0 Å². The van der Waals surface area contributed by atoms with Crippen LogP contribution in [-0.4, -0.2) is 12.1 Å². The molecular formula is C7H15NO. The van der Waals surface area contributed by atoms with Gasteiger partial charge in [-0.25, -0.2) is 0 Å². The zero-order valence-corrected chi connectivity index (χ0v) is 6.35. The molecule has 0 heterocycles. The van der Waals surface area contributed by atoms with Gasteiger partial charge in [-0.3, -0.25) is 0 Å². The first-order valence-corrected chi connectivity index (χ1v) is 3.15. The molecule has 0 aromatic heterocycles. The normalized spacial score (nSPS) is 13.4. The Balaban J connectivity index is 3.51. The summed E-state index contributed by atoms with van der Waals surface area (Å²) in [7, 11) is 0. The molecule has 0 aliphatic heterocycles. The van der Waals surface area contributed by atoms with Crippen molar-refractivity contribution in [2.75, 3.05) is 0 Å². The molecule has 0 saturated carbocycles. The summed E-state index contributed by atoms with van der Waals surface area (Å²) in [6, 6.07) is -0.0626. The molecule has 0 spiro atoms. The van der Waals surface area contributed by atoms with Crippen LogP contribution in [0.2, 0.25) is 0 Å². The largest absolute Gasteiger partial charge is 0.494 e. The summed E-state index contributed by atoms with van der Waals surface area (Å²) in [5.74, 6) is 0.657. The fourth-order valence-corrected chi connectivity index (χ4v) is 0.410. The van der Waals surface area contributed by atoms with Crippen molar-refractivity contribution in [3.63, 3.8) is 0 Å². The fraction of sp³-hybridized carbons (Fsp3) is 0.714. The molecule has 1 atom stereocenters. The maximum Gasteiger partial charge on any atom is 0.106 e. The van der Waals surface area contributed by atoms with Crippen LogP contribution in [0.3, 0.4) is 0 Å². The minimum absolute atomic E-state index is 0.0626. The van der Waals surface area contributed by atoms with Crippen molar-refractivity contribution in [1.29, 1.82) is 0 Å². The molecule has 0 bridgehead atoms. The van der Waals surface area contributed by atoms with Crippen molar-refractivity contribution >= 4 is 0 Å². The van der Waals surface area contributed by atoms with E-state index in [2.05, 4.69) is 6.58 Å². The van der Waals surface area contributed by atoms with Crippen LogP contribution in [-0.2, 0) is 4.74 Å². The maximum absolute atomic E-state index is 5.46. The van der Waals surface area contributed by atoms with Crippen LogP contribution in [0.4, 0.5) is 0 Å². The van der Waals surface area contributed by atoms with E-state index in [4.69, 9.17) is 10.5 Å².